The Morgan fingerprint density at radius 1 is 1.59 bits per heavy atom. The fourth-order valence-electron chi connectivity index (χ4n) is 1.06. The summed E-state index contributed by atoms with van der Waals surface area (Å²) in [6.45, 7) is 3.66. The molecule has 0 radical (unpaired) electrons. The standard InChI is InChI=1S/C10H10Br2N4O/c1-5(2)14-10(17)6(4-13)3-7-8(11)15-16-9(7)12/h3,5H,1-2H3,(H,14,17)(H,15,16)/b6-3+. The summed E-state index contributed by atoms with van der Waals surface area (Å²) in [7, 11) is 0. The van der Waals surface area contributed by atoms with Gasteiger partial charge in [0.05, 0.1) is 0 Å². The minimum atomic E-state index is -0.400. The highest BCUT2D eigenvalue weighted by molar-refractivity contribution is 9.11. The van der Waals surface area contributed by atoms with Gasteiger partial charge in [-0.25, -0.2) is 0 Å². The van der Waals surface area contributed by atoms with Crippen LogP contribution < -0.4 is 5.32 Å². The molecule has 0 spiro atoms. The fraction of sp³-hybridized carbons (Fsp3) is 0.300. The van der Waals surface area contributed by atoms with Crippen molar-refractivity contribution in [2.75, 3.05) is 0 Å². The molecule has 2 N–H and O–H groups in total. The molecule has 0 aromatic carbocycles. The lowest BCUT2D eigenvalue weighted by Crippen LogP contribution is -2.30. The topological polar surface area (TPSA) is 81.6 Å². The summed E-state index contributed by atoms with van der Waals surface area (Å²) in [4.78, 5) is 11.7. The number of nitrogens with one attached hydrogen (secondary N) is 2. The second kappa shape index (κ2) is 5.98. The normalized spacial score (nSPS) is 11.4. The number of aromatic amines is 1. The van der Waals surface area contributed by atoms with E-state index in [1.807, 2.05) is 19.9 Å². The zero-order valence-electron chi connectivity index (χ0n) is 9.21. The zero-order chi connectivity index (χ0) is 13.0. The van der Waals surface area contributed by atoms with Crippen molar-refractivity contribution in [3.63, 3.8) is 0 Å². The van der Waals surface area contributed by atoms with Gasteiger partial charge >= 0.3 is 0 Å². The van der Waals surface area contributed by atoms with Crippen molar-refractivity contribution >= 4 is 43.8 Å². The summed E-state index contributed by atoms with van der Waals surface area (Å²) in [5.41, 5.74) is 0.655. The van der Waals surface area contributed by atoms with Crippen LogP contribution in [-0.4, -0.2) is 22.1 Å². The average Bonchev–Trinajstić information content (AvgIpc) is 2.55. The molecule has 0 saturated heterocycles. The molecule has 0 saturated carbocycles. The average molecular weight is 362 g/mol. The Bertz CT molecular complexity index is 479. The molecule has 17 heavy (non-hydrogen) atoms. The minimum absolute atomic E-state index is 0.0181. The quantitative estimate of drug-likeness (QED) is 0.640. The first-order valence-corrected chi connectivity index (χ1v) is 6.36. The molecule has 5 nitrogen and oxygen atoms in total. The third-order valence-corrected chi connectivity index (χ3v) is 2.99. The maximum absolute atomic E-state index is 11.7. The summed E-state index contributed by atoms with van der Waals surface area (Å²) in [6.07, 6.45) is 1.47. The van der Waals surface area contributed by atoms with Gasteiger partial charge in [0.25, 0.3) is 5.91 Å². The maximum atomic E-state index is 11.7. The minimum Gasteiger partial charge on any atom is -0.349 e. The van der Waals surface area contributed by atoms with E-state index < -0.39 is 5.91 Å². The van der Waals surface area contributed by atoms with E-state index in [1.165, 1.54) is 6.08 Å². The van der Waals surface area contributed by atoms with Crippen molar-refractivity contribution in [2.24, 2.45) is 0 Å². The first-order chi connectivity index (χ1) is 7.95. The Balaban J connectivity index is 3.04. The molecule has 0 bridgehead atoms. The third-order valence-electron chi connectivity index (χ3n) is 1.78. The van der Waals surface area contributed by atoms with Crippen molar-refractivity contribution in [3.05, 3.63) is 20.3 Å². The van der Waals surface area contributed by atoms with E-state index >= 15 is 0 Å². The van der Waals surface area contributed by atoms with Crippen molar-refractivity contribution in [1.82, 2.24) is 15.5 Å². The van der Waals surface area contributed by atoms with Gasteiger partial charge in [-0.3, -0.25) is 9.89 Å². The molecule has 0 aliphatic rings. The summed E-state index contributed by atoms with van der Waals surface area (Å²) >= 11 is 6.46. The molecule has 1 aromatic heterocycles. The highest BCUT2D eigenvalue weighted by Gasteiger charge is 2.13. The Labute approximate surface area is 116 Å². The van der Waals surface area contributed by atoms with Crippen LogP contribution in [0.25, 0.3) is 6.08 Å². The SMILES string of the molecule is CC(C)NC(=O)/C(C#N)=C/c1c(Br)n[nH]c1Br. The molecular weight excluding hydrogens is 352 g/mol. The largest absolute Gasteiger partial charge is 0.349 e. The number of H-pyrrole nitrogens is 1. The second-order valence-corrected chi connectivity index (χ2v) is 5.08. The lowest BCUT2D eigenvalue weighted by Gasteiger charge is -2.06. The Morgan fingerprint density at radius 2 is 2.24 bits per heavy atom. The van der Waals surface area contributed by atoms with Gasteiger partial charge in [0, 0.05) is 11.6 Å². The molecule has 0 aliphatic carbocycles. The van der Waals surface area contributed by atoms with Crippen LogP contribution in [0.4, 0.5) is 0 Å². The molecule has 1 amide bonds. The number of halogens is 2. The van der Waals surface area contributed by atoms with Crippen LogP contribution in [0.2, 0.25) is 0 Å². The van der Waals surface area contributed by atoms with Gasteiger partial charge in [0.1, 0.15) is 20.8 Å². The van der Waals surface area contributed by atoms with E-state index in [-0.39, 0.29) is 11.6 Å². The van der Waals surface area contributed by atoms with Gasteiger partial charge < -0.3 is 5.32 Å². The summed E-state index contributed by atoms with van der Waals surface area (Å²) < 4.78 is 1.14. The number of nitrogens with zero attached hydrogens (tertiary/aromatic N) is 2. The highest BCUT2D eigenvalue weighted by atomic mass is 79.9. The number of hydrogen-bond acceptors (Lipinski definition) is 3. The lowest BCUT2D eigenvalue weighted by atomic mass is 10.2. The number of carbonyl (C=O) groups excluding carboxylic acids is 1. The van der Waals surface area contributed by atoms with Crippen molar-refractivity contribution < 1.29 is 4.79 Å². The van der Waals surface area contributed by atoms with Gasteiger partial charge in [-0.2, -0.15) is 10.4 Å². The zero-order valence-corrected chi connectivity index (χ0v) is 12.4. The van der Waals surface area contributed by atoms with Crippen LogP contribution in [0.1, 0.15) is 19.4 Å². The van der Waals surface area contributed by atoms with Crippen LogP contribution in [-0.2, 0) is 4.79 Å². The van der Waals surface area contributed by atoms with Gasteiger partial charge in [-0.05, 0) is 51.8 Å². The molecule has 1 rings (SSSR count). The number of carbonyl (C=O) groups is 1. The van der Waals surface area contributed by atoms with Gasteiger partial charge in [0.2, 0.25) is 0 Å². The molecule has 7 heteroatoms. The van der Waals surface area contributed by atoms with E-state index in [1.54, 1.807) is 0 Å². The van der Waals surface area contributed by atoms with Crippen LogP contribution in [0.15, 0.2) is 14.8 Å². The highest BCUT2D eigenvalue weighted by Crippen LogP contribution is 2.24. The smallest absolute Gasteiger partial charge is 0.262 e. The lowest BCUT2D eigenvalue weighted by molar-refractivity contribution is -0.117. The molecule has 1 heterocycles. The first-order valence-electron chi connectivity index (χ1n) is 4.77. The number of amides is 1. The van der Waals surface area contributed by atoms with Crippen molar-refractivity contribution in [1.29, 1.82) is 5.26 Å². The van der Waals surface area contributed by atoms with Crippen molar-refractivity contribution in [3.8, 4) is 6.07 Å². The Hall–Kier alpha value is -1.13. The second-order valence-electron chi connectivity index (χ2n) is 3.54. The number of nitriles is 1. The van der Waals surface area contributed by atoms with Gasteiger partial charge in [-0.1, -0.05) is 0 Å². The summed E-state index contributed by atoms with van der Waals surface area (Å²) in [5, 5.41) is 18.2. The summed E-state index contributed by atoms with van der Waals surface area (Å²) in [6, 6.07) is 1.85. The van der Waals surface area contributed by atoms with Gasteiger partial charge in [0.15, 0.2) is 0 Å². The number of hydrogen-bond donors (Lipinski definition) is 2. The van der Waals surface area contributed by atoms with Gasteiger partial charge in [-0.15, -0.1) is 0 Å². The molecule has 0 unspecified atom stereocenters. The number of aromatic nitrogens is 2. The molecular formula is C10H10Br2N4O. The first kappa shape index (κ1) is 13.9. The van der Waals surface area contributed by atoms with E-state index in [4.69, 9.17) is 5.26 Å². The predicted molar refractivity (Wildman–Crippen MR) is 70.9 cm³/mol. The van der Waals surface area contributed by atoms with Crippen LogP contribution in [0.5, 0.6) is 0 Å². The number of rotatable bonds is 3. The maximum Gasteiger partial charge on any atom is 0.262 e. The molecule has 0 fully saturated rings. The fourth-order valence-corrected chi connectivity index (χ4v) is 2.12. The monoisotopic (exact) mass is 360 g/mol. The van der Waals surface area contributed by atoms with E-state index in [2.05, 4.69) is 47.4 Å². The Kier molecular flexibility index (Phi) is 4.90. The van der Waals surface area contributed by atoms with E-state index in [0.29, 0.717) is 14.8 Å². The van der Waals surface area contributed by atoms with Crippen LogP contribution >= 0.6 is 31.9 Å². The third kappa shape index (κ3) is 3.68. The van der Waals surface area contributed by atoms with Crippen molar-refractivity contribution in [2.45, 2.75) is 19.9 Å². The van der Waals surface area contributed by atoms with E-state index in [9.17, 15) is 4.79 Å². The van der Waals surface area contributed by atoms with Crippen LogP contribution in [0.3, 0.4) is 0 Å². The van der Waals surface area contributed by atoms with E-state index in [0.717, 1.165) is 0 Å². The van der Waals surface area contributed by atoms with Crippen LogP contribution in [0, 0.1) is 11.3 Å². The Morgan fingerprint density at radius 3 is 2.65 bits per heavy atom. The molecule has 90 valence electrons. The summed E-state index contributed by atoms with van der Waals surface area (Å²) in [5.74, 6) is -0.400. The molecule has 0 atom stereocenters. The molecule has 1 aromatic rings. The predicted octanol–water partition coefficient (Wildman–Crippen LogP) is 2.37. The molecule has 0 aliphatic heterocycles.